The summed E-state index contributed by atoms with van der Waals surface area (Å²) in [5, 5.41) is 2.86. The van der Waals surface area contributed by atoms with E-state index in [0.717, 1.165) is 21.0 Å². The highest BCUT2D eigenvalue weighted by molar-refractivity contribution is 9.10. The molecule has 0 heterocycles. The molecule has 0 saturated carbocycles. The van der Waals surface area contributed by atoms with Gasteiger partial charge in [0.25, 0.3) is 10.0 Å². The molecule has 1 atom stereocenters. The van der Waals surface area contributed by atoms with Gasteiger partial charge in [0.1, 0.15) is 18.3 Å². The van der Waals surface area contributed by atoms with Gasteiger partial charge in [-0.15, -0.1) is 0 Å². The van der Waals surface area contributed by atoms with Gasteiger partial charge in [0.05, 0.1) is 22.2 Å². The van der Waals surface area contributed by atoms with Gasteiger partial charge in [0, 0.05) is 12.6 Å². The van der Waals surface area contributed by atoms with Crippen LogP contribution in [0.3, 0.4) is 0 Å². The van der Waals surface area contributed by atoms with Gasteiger partial charge in [-0.05, 0) is 86.4 Å². The Morgan fingerprint density at radius 2 is 1.62 bits per heavy atom. The fourth-order valence-electron chi connectivity index (χ4n) is 4.17. The molecule has 40 heavy (non-hydrogen) atoms. The maximum absolute atomic E-state index is 14.0. The molecule has 0 aliphatic rings. The molecule has 0 spiro atoms. The van der Waals surface area contributed by atoms with Crippen LogP contribution in [0.25, 0.3) is 0 Å². The van der Waals surface area contributed by atoms with Crippen molar-refractivity contribution in [2.24, 2.45) is 0 Å². The summed E-state index contributed by atoms with van der Waals surface area (Å²) in [5.74, 6) is -0.351. The lowest BCUT2D eigenvalue weighted by atomic mass is 10.1. The summed E-state index contributed by atoms with van der Waals surface area (Å²) >= 11 is 3.36. The minimum atomic E-state index is -4.19. The number of hydrogen-bond acceptors (Lipinski definition) is 5. The van der Waals surface area contributed by atoms with Crippen molar-refractivity contribution in [2.75, 3.05) is 18.0 Å². The van der Waals surface area contributed by atoms with Crippen LogP contribution < -0.4 is 14.4 Å². The number of methoxy groups -OCH3 is 1. The number of sulfonamides is 1. The van der Waals surface area contributed by atoms with Crippen LogP contribution in [0.2, 0.25) is 0 Å². The molecule has 0 unspecified atom stereocenters. The SMILES string of the molecule is COc1ccc(S(=O)(=O)N(CC(=O)N(Cc2cccc(C)c2)[C@@H](C)C(=O)NC(C)C)c2ccc(C)cc2)cc1Br. The molecule has 0 aliphatic carbocycles. The van der Waals surface area contributed by atoms with Gasteiger partial charge in [0.15, 0.2) is 0 Å². The van der Waals surface area contributed by atoms with Crippen LogP contribution in [-0.4, -0.2) is 50.9 Å². The van der Waals surface area contributed by atoms with Gasteiger partial charge in [-0.25, -0.2) is 8.42 Å². The highest BCUT2D eigenvalue weighted by atomic mass is 79.9. The summed E-state index contributed by atoms with van der Waals surface area (Å²) in [5.41, 5.74) is 3.12. The van der Waals surface area contributed by atoms with Gasteiger partial charge in [-0.2, -0.15) is 0 Å². The lowest BCUT2D eigenvalue weighted by Gasteiger charge is -2.32. The summed E-state index contributed by atoms with van der Waals surface area (Å²) in [4.78, 5) is 28.4. The van der Waals surface area contributed by atoms with Gasteiger partial charge in [-0.1, -0.05) is 47.5 Å². The van der Waals surface area contributed by atoms with Crippen LogP contribution >= 0.6 is 15.9 Å². The van der Waals surface area contributed by atoms with E-state index in [1.54, 1.807) is 37.3 Å². The molecule has 0 aliphatic heterocycles. The topological polar surface area (TPSA) is 96.0 Å². The Balaban J connectivity index is 2.05. The highest BCUT2D eigenvalue weighted by Gasteiger charge is 2.33. The molecule has 2 amide bonds. The summed E-state index contributed by atoms with van der Waals surface area (Å²) in [7, 11) is -2.70. The number of nitrogens with zero attached hydrogens (tertiary/aromatic N) is 2. The minimum Gasteiger partial charge on any atom is -0.496 e. The van der Waals surface area contributed by atoms with Crippen LogP contribution in [0.1, 0.15) is 37.5 Å². The number of nitrogens with one attached hydrogen (secondary N) is 1. The third-order valence-corrected chi connectivity index (χ3v) is 8.74. The minimum absolute atomic E-state index is 0.00983. The average Bonchev–Trinajstić information content (AvgIpc) is 2.90. The van der Waals surface area contributed by atoms with E-state index in [0.29, 0.717) is 15.9 Å². The Morgan fingerprint density at radius 3 is 2.20 bits per heavy atom. The van der Waals surface area contributed by atoms with Crippen molar-refractivity contribution in [3.63, 3.8) is 0 Å². The fourth-order valence-corrected chi connectivity index (χ4v) is 6.30. The number of ether oxygens (including phenoxy) is 1. The number of aryl methyl sites for hydroxylation is 2. The van der Waals surface area contributed by atoms with Crippen molar-refractivity contribution in [1.29, 1.82) is 0 Å². The zero-order valence-corrected chi connectivity index (χ0v) is 26.0. The first-order chi connectivity index (χ1) is 18.8. The zero-order chi connectivity index (χ0) is 29.6. The Morgan fingerprint density at radius 1 is 0.950 bits per heavy atom. The second kappa shape index (κ2) is 13.3. The van der Waals surface area contributed by atoms with E-state index in [-0.39, 0.29) is 23.4 Å². The first-order valence-electron chi connectivity index (χ1n) is 12.9. The molecule has 0 radical (unpaired) electrons. The maximum atomic E-state index is 14.0. The van der Waals surface area contributed by atoms with Crippen LogP contribution in [0.5, 0.6) is 5.75 Å². The third-order valence-electron chi connectivity index (χ3n) is 6.35. The predicted molar refractivity (Wildman–Crippen MR) is 161 cm³/mol. The van der Waals surface area contributed by atoms with E-state index in [1.165, 1.54) is 24.1 Å². The molecular weight excluding hydrogens is 594 g/mol. The normalized spacial score (nSPS) is 12.1. The standard InChI is InChI=1S/C30H36BrN3O5S/c1-20(2)32-30(36)23(5)33(18-24-9-7-8-22(4)16-24)29(35)19-34(25-12-10-21(3)11-13-25)40(37,38)26-14-15-28(39-6)27(31)17-26/h7-17,20,23H,18-19H2,1-6H3,(H,32,36)/t23-/m0/s1. The second-order valence-electron chi connectivity index (χ2n) is 9.99. The number of carbonyl (C=O) groups is 2. The molecule has 1 N–H and O–H groups in total. The van der Waals surface area contributed by atoms with E-state index < -0.39 is 28.5 Å². The lowest BCUT2D eigenvalue weighted by Crippen LogP contribution is -2.52. The van der Waals surface area contributed by atoms with Crippen LogP contribution in [0.4, 0.5) is 5.69 Å². The molecular formula is C30H36BrN3O5S. The second-order valence-corrected chi connectivity index (χ2v) is 12.7. The molecule has 0 saturated heterocycles. The summed E-state index contributed by atoms with van der Waals surface area (Å²) in [6.45, 7) is 8.82. The molecule has 10 heteroatoms. The predicted octanol–water partition coefficient (Wildman–Crippen LogP) is 5.21. The molecule has 3 rings (SSSR count). The maximum Gasteiger partial charge on any atom is 0.264 e. The number of hydrogen-bond donors (Lipinski definition) is 1. The van der Waals surface area contributed by atoms with E-state index in [1.807, 2.05) is 52.0 Å². The molecule has 0 bridgehead atoms. The van der Waals surface area contributed by atoms with Crippen LogP contribution in [0.15, 0.2) is 76.1 Å². The van der Waals surface area contributed by atoms with Gasteiger partial charge < -0.3 is 15.0 Å². The first kappa shape index (κ1) is 31.2. The van der Waals surface area contributed by atoms with Crippen molar-refractivity contribution in [2.45, 2.75) is 58.1 Å². The summed E-state index contributed by atoms with van der Waals surface area (Å²) < 4.78 is 34.8. The number of rotatable bonds is 11. The van der Waals surface area contributed by atoms with E-state index >= 15 is 0 Å². The van der Waals surface area contributed by atoms with Gasteiger partial charge >= 0.3 is 0 Å². The Hall–Kier alpha value is -3.37. The van der Waals surface area contributed by atoms with E-state index in [9.17, 15) is 18.0 Å². The molecule has 0 aromatic heterocycles. The smallest absolute Gasteiger partial charge is 0.264 e. The zero-order valence-electron chi connectivity index (χ0n) is 23.6. The van der Waals surface area contributed by atoms with E-state index in [2.05, 4.69) is 21.2 Å². The fraction of sp³-hybridized carbons (Fsp3) is 0.333. The monoisotopic (exact) mass is 629 g/mol. The van der Waals surface area contributed by atoms with Crippen LogP contribution in [-0.2, 0) is 26.2 Å². The lowest BCUT2D eigenvalue weighted by molar-refractivity contribution is -0.139. The van der Waals surface area contributed by atoms with Crippen molar-refractivity contribution >= 4 is 43.5 Å². The Bertz CT molecular complexity index is 1460. The van der Waals surface area contributed by atoms with Gasteiger partial charge in [0.2, 0.25) is 11.8 Å². The summed E-state index contributed by atoms with van der Waals surface area (Å²) in [6.07, 6.45) is 0. The highest BCUT2D eigenvalue weighted by Crippen LogP contribution is 2.31. The number of halogens is 1. The van der Waals surface area contributed by atoms with Crippen molar-refractivity contribution < 1.29 is 22.7 Å². The summed E-state index contributed by atoms with van der Waals surface area (Å²) in [6, 6.07) is 18.0. The molecule has 3 aromatic carbocycles. The Labute approximate surface area is 245 Å². The number of amides is 2. The molecule has 3 aromatic rings. The van der Waals surface area contributed by atoms with E-state index in [4.69, 9.17) is 4.74 Å². The Kier molecular flexibility index (Phi) is 10.4. The number of carbonyl (C=O) groups excluding carboxylic acids is 2. The largest absolute Gasteiger partial charge is 0.496 e. The third kappa shape index (κ3) is 7.63. The molecule has 0 fully saturated rings. The van der Waals surface area contributed by atoms with Crippen molar-refractivity contribution in [1.82, 2.24) is 10.2 Å². The molecule has 8 nitrogen and oxygen atoms in total. The van der Waals surface area contributed by atoms with Gasteiger partial charge in [-0.3, -0.25) is 13.9 Å². The average molecular weight is 631 g/mol. The number of benzene rings is 3. The molecule has 214 valence electrons. The van der Waals surface area contributed by atoms with Crippen molar-refractivity contribution in [3.8, 4) is 5.75 Å². The van der Waals surface area contributed by atoms with Crippen LogP contribution in [0, 0.1) is 13.8 Å². The van der Waals surface area contributed by atoms with Crippen molar-refractivity contribution in [3.05, 3.63) is 87.9 Å². The quantitative estimate of drug-likeness (QED) is 0.314. The number of anilines is 1. The first-order valence-corrected chi connectivity index (χ1v) is 15.1.